The minimum atomic E-state index is -3.55. The summed E-state index contributed by atoms with van der Waals surface area (Å²) >= 11 is 0. The quantitative estimate of drug-likeness (QED) is 0.723. The van der Waals surface area contributed by atoms with Crippen LogP contribution < -0.4 is 10.0 Å². The molecule has 0 atom stereocenters. The van der Waals surface area contributed by atoms with Crippen LogP contribution in [0, 0.1) is 0 Å². The predicted molar refractivity (Wildman–Crippen MR) is 97.7 cm³/mol. The fourth-order valence-electron chi connectivity index (χ4n) is 2.15. The Balaban J connectivity index is 2.12. The lowest BCUT2D eigenvalue weighted by Crippen LogP contribution is -2.24. The molecule has 0 spiro atoms. The van der Waals surface area contributed by atoms with Gasteiger partial charge in [-0.3, -0.25) is 4.79 Å². The number of esters is 1. The van der Waals surface area contributed by atoms with Crippen LogP contribution in [-0.2, 0) is 14.8 Å². The number of hydrogen-bond donors (Lipinski definition) is 2. The van der Waals surface area contributed by atoms with Gasteiger partial charge in [0.05, 0.1) is 17.6 Å². The Labute approximate surface area is 152 Å². The third kappa shape index (κ3) is 4.90. The van der Waals surface area contributed by atoms with E-state index in [1.165, 1.54) is 37.4 Å². The summed E-state index contributed by atoms with van der Waals surface area (Å²) in [6, 6.07) is 12.0. The lowest BCUT2D eigenvalue weighted by molar-refractivity contribution is 0.0600. The fourth-order valence-corrected chi connectivity index (χ4v) is 3.28. The van der Waals surface area contributed by atoms with E-state index >= 15 is 0 Å². The van der Waals surface area contributed by atoms with Gasteiger partial charge in [0.25, 0.3) is 5.91 Å². The number of rotatable bonds is 7. The maximum absolute atomic E-state index is 12.3. The molecule has 0 aromatic heterocycles. The minimum absolute atomic E-state index is 0.122. The Hall–Kier alpha value is -2.71. The van der Waals surface area contributed by atoms with Crippen LogP contribution in [0.25, 0.3) is 0 Å². The van der Waals surface area contributed by atoms with E-state index in [2.05, 4.69) is 14.8 Å². The van der Waals surface area contributed by atoms with Gasteiger partial charge in [0, 0.05) is 17.8 Å². The second-order valence-electron chi connectivity index (χ2n) is 5.45. The molecule has 0 heterocycles. The maximum Gasteiger partial charge on any atom is 0.337 e. The first-order valence-corrected chi connectivity index (χ1v) is 9.45. The lowest BCUT2D eigenvalue weighted by Gasteiger charge is -2.09. The first-order valence-electron chi connectivity index (χ1n) is 7.97. The van der Waals surface area contributed by atoms with E-state index in [0.29, 0.717) is 18.7 Å². The number of amides is 1. The number of carbonyl (C=O) groups is 2. The molecule has 0 fully saturated rings. The van der Waals surface area contributed by atoms with E-state index in [1.807, 2.05) is 6.92 Å². The van der Waals surface area contributed by atoms with Gasteiger partial charge in [-0.15, -0.1) is 0 Å². The molecule has 0 bridgehead atoms. The smallest absolute Gasteiger partial charge is 0.337 e. The molecule has 2 aromatic carbocycles. The first kappa shape index (κ1) is 19.6. The van der Waals surface area contributed by atoms with Crippen molar-refractivity contribution in [1.82, 2.24) is 4.72 Å². The van der Waals surface area contributed by atoms with Crippen molar-refractivity contribution in [3.8, 4) is 0 Å². The van der Waals surface area contributed by atoms with Gasteiger partial charge in [-0.05, 0) is 48.9 Å². The molecule has 0 aliphatic heterocycles. The van der Waals surface area contributed by atoms with Gasteiger partial charge in [-0.25, -0.2) is 17.9 Å². The van der Waals surface area contributed by atoms with Gasteiger partial charge >= 0.3 is 5.97 Å². The minimum Gasteiger partial charge on any atom is -0.465 e. The van der Waals surface area contributed by atoms with Crippen LogP contribution in [0.4, 0.5) is 5.69 Å². The van der Waals surface area contributed by atoms with E-state index in [-0.39, 0.29) is 16.0 Å². The SMILES string of the molecule is CCCNS(=O)(=O)c1ccc(NC(=O)c2cccc(C(=O)OC)c2)cc1. The molecule has 0 radical (unpaired) electrons. The zero-order valence-electron chi connectivity index (χ0n) is 14.5. The summed E-state index contributed by atoms with van der Waals surface area (Å²) in [5, 5.41) is 2.66. The molecule has 0 saturated carbocycles. The monoisotopic (exact) mass is 376 g/mol. The standard InChI is InChI=1S/C18H20N2O5S/c1-3-11-19-26(23,24)16-9-7-15(8-10-16)20-17(21)13-5-4-6-14(12-13)18(22)25-2/h4-10,12,19H,3,11H2,1-2H3,(H,20,21). The molecule has 0 saturated heterocycles. The van der Waals surface area contributed by atoms with Crippen molar-refractivity contribution in [2.45, 2.75) is 18.2 Å². The number of anilines is 1. The third-order valence-corrected chi connectivity index (χ3v) is 4.99. The molecular formula is C18H20N2O5S. The van der Waals surface area contributed by atoms with Crippen molar-refractivity contribution in [3.05, 3.63) is 59.7 Å². The average molecular weight is 376 g/mol. The number of hydrogen-bond acceptors (Lipinski definition) is 5. The zero-order valence-corrected chi connectivity index (χ0v) is 15.3. The van der Waals surface area contributed by atoms with Crippen molar-refractivity contribution in [3.63, 3.8) is 0 Å². The van der Waals surface area contributed by atoms with E-state index < -0.39 is 21.9 Å². The summed E-state index contributed by atoms with van der Waals surface area (Å²) in [5.41, 5.74) is 0.991. The molecule has 0 unspecified atom stereocenters. The molecule has 2 aromatic rings. The van der Waals surface area contributed by atoms with Crippen molar-refractivity contribution >= 4 is 27.6 Å². The molecule has 138 valence electrons. The average Bonchev–Trinajstić information content (AvgIpc) is 2.66. The summed E-state index contributed by atoms with van der Waals surface area (Å²) in [4.78, 5) is 24.0. The Kier molecular flexibility index (Phi) is 6.48. The summed E-state index contributed by atoms with van der Waals surface area (Å²) in [7, 11) is -2.29. The van der Waals surface area contributed by atoms with Crippen LogP contribution in [0.3, 0.4) is 0 Å². The van der Waals surface area contributed by atoms with Gasteiger partial charge in [0.2, 0.25) is 10.0 Å². The molecule has 8 heteroatoms. The van der Waals surface area contributed by atoms with Gasteiger partial charge in [0.15, 0.2) is 0 Å². The van der Waals surface area contributed by atoms with Gasteiger partial charge in [-0.1, -0.05) is 13.0 Å². The number of methoxy groups -OCH3 is 1. The van der Waals surface area contributed by atoms with Crippen molar-refractivity contribution in [2.24, 2.45) is 0 Å². The Morgan fingerprint density at radius 2 is 1.69 bits per heavy atom. The highest BCUT2D eigenvalue weighted by atomic mass is 32.2. The summed E-state index contributed by atoms with van der Waals surface area (Å²) in [5.74, 6) is -0.954. The molecular weight excluding hydrogens is 356 g/mol. The van der Waals surface area contributed by atoms with Crippen LogP contribution in [0.2, 0.25) is 0 Å². The van der Waals surface area contributed by atoms with Gasteiger partial charge in [-0.2, -0.15) is 0 Å². The normalized spacial score (nSPS) is 11.0. The molecule has 0 aliphatic rings. The van der Waals surface area contributed by atoms with E-state index in [0.717, 1.165) is 0 Å². The number of ether oxygens (including phenoxy) is 1. The highest BCUT2D eigenvalue weighted by Gasteiger charge is 2.14. The number of benzene rings is 2. The second kappa shape index (κ2) is 8.59. The van der Waals surface area contributed by atoms with Crippen LogP contribution in [0.5, 0.6) is 0 Å². The van der Waals surface area contributed by atoms with Crippen LogP contribution >= 0.6 is 0 Å². The Morgan fingerprint density at radius 3 is 2.31 bits per heavy atom. The molecule has 1 amide bonds. The van der Waals surface area contributed by atoms with Crippen molar-refractivity contribution < 1.29 is 22.7 Å². The van der Waals surface area contributed by atoms with E-state index in [1.54, 1.807) is 18.2 Å². The van der Waals surface area contributed by atoms with Crippen LogP contribution in [0.1, 0.15) is 34.1 Å². The first-order chi connectivity index (χ1) is 12.4. The number of carbonyl (C=O) groups excluding carboxylic acids is 2. The Bertz CT molecular complexity index is 892. The van der Waals surface area contributed by atoms with E-state index in [4.69, 9.17) is 0 Å². The molecule has 7 nitrogen and oxygen atoms in total. The lowest BCUT2D eigenvalue weighted by atomic mass is 10.1. The van der Waals surface area contributed by atoms with Crippen molar-refractivity contribution in [1.29, 1.82) is 0 Å². The van der Waals surface area contributed by atoms with Gasteiger partial charge in [0.1, 0.15) is 0 Å². The molecule has 2 N–H and O–H groups in total. The summed E-state index contributed by atoms with van der Waals surface area (Å²) < 4.78 is 31.2. The molecule has 2 rings (SSSR count). The maximum atomic E-state index is 12.3. The number of nitrogens with one attached hydrogen (secondary N) is 2. The van der Waals surface area contributed by atoms with Crippen molar-refractivity contribution in [2.75, 3.05) is 19.0 Å². The molecule has 26 heavy (non-hydrogen) atoms. The highest BCUT2D eigenvalue weighted by molar-refractivity contribution is 7.89. The zero-order chi connectivity index (χ0) is 19.2. The summed E-state index contributed by atoms with van der Waals surface area (Å²) in [6.45, 7) is 2.23. The number of sulfonamides is 1. The van der Waals surface area contributed by atoms with Gasteiger partial charge < -0.3 is 10.1 Å². The van der Waals surface area contributed by atoms with Crippen LogP contribution in [0.15, 0.2) is 53.4 Å². The van der Waals surface area contributed by atoms with E-state index in [9.17, 15) is 18.0 Å². The third-order valence-electron chi connectivity index (χ3n) is 3.51. The molecule has 0 aliphatic carbocycles. The topological polar surface area (TPSA) is 102 Å². The largest absolute Gasteiger partial charge is 0.465 e. The predicted octanol–water partition coefficient (Wildman–Crippen LogP) is 2.41. The second-order valence-corrected chi connectivity index (χ2v) is 7.22. The highest BCUT2D eigenvalue weighted by Crippen LogP contribution is 2.15. The van der Waals surface area contributed by atoms with Crippen LogP contribution in [-0.4, -0.2) is 33.9 Å². The summed E-state index contributed by atoms with van der Waals surface area (Å²) in [6.07, 6.45) is 0.692. The fraction of sp³-hybridized carbons (Fsp3) is 0.222. The Morgan fingerprint density at radius 1 is 1.04 bits per heavy atom.